The van der Waals surface area contributed by atoms with Gasteiger partial charge in [-0.25, -0.2) is 0 Å². The zero-order valence-corrected chi connectivity index (χ0v) is 6.73. The molecule has 0 saturated heterocycles. The van der Waals surface area contributed by atoms with Gasteiger partial charge in [0.25, 0.3) is 0 Å². The van der Waals surface area contributed by atoms with Crippen molar-refractivity contribution < 1.29 is 0 Å². The average molecular weight is 149 g/mol. The molecule has 0 rings (SSSR count). The number of hydrogen-bond acceptors (Lipinski definition) is 1. The SMILES string of the molecule is C.C.CC(C)C.CC(C)N. The summed E-state index contributed by atoms with van der Waals surface area (Å²) in [4.78, 5) is 0. The van der Waals surface area contributed by atoms with Crippen molar-refractivity contribution in [3.63, 3.8) is 0 Å². The van der Waals surface area contributed by atoms with Crippen molar-refractivity contribution in [3.05, 3.63) is 0 Å². The van der Waals surface area contributed by atoms with E-state index in [9.17, 15) is 0 Å². The second-order valence-electron chi connectivity index (χ2n) is 2.98. The van der Waals surface area contributed by atoms with E-state index in [0.29, 0.717) is 6.04 Å². The van der Waals surface area contributed by atoms with Crippen molar-refractivity contribution in [1.29, 1.82) is 0 Å². The first-order valence-electron chi connectivity index (χ1n) is 3.22. The molecule has 0 heterocycles. The Morgan fingerprint density at radius 2 is 0.800 bits per heavy atom. The highest BCUT2D eigenvalue weighted by atomic mass is 14.6. The molecule has 2 N–H and O–H groups in total. The van der Waals surface area contributed by atoms with E-state index < -0.39 is 0 Å². The molecular weight excluding hydrogens is 122 g/mol. The van der Waals surface area contributed by atoms with Gasteiger partial charge in [0.15, 0.2) is 0 Å². The predicted molar refractivity (Wildman–Crippen MR) is 53.3 cm³/mol. The molecule has 0 saturated carbocycles. The molecule has 0 aliphatic heterocycles. The largest absolute Gasteiger partial charge is 0.328 e. The van der Waals surface area contributed by atoms with Gasteiger partial charge in [0.05, 0.1) is 0 Å². The van der Waals surface area contributed by atoms with E-state index in [-0.39, 0.29) is 14.9 Å². The topological polar surface area (TPSA) is 26.0 Å². The molecule has 68 valence electrons. The summed E-state index contributed by atoms with van der Waals surface area (Å²) in [5, 5.41) is 0. The molecule has 0 unspecified atom stereocenters. The lowest BCUT2D eigenvalue weighted by Crippen LogP contribution is -2.06. The highest BCUT2D eigenvalue weighted by Crippen LogP contribution is 1.81. The van der Waals surface area contributed by atoms with Crippen LogP contribution in [0.3, 0.4) is 0 Å². The van der Waals surface area contributed by atoms with Crippen molar-refractivity contribution >= 4 is 0 Å². The summed E-state index contributed by atoms with van der Waals surface area (Å²) in [6.45, 7) is 10.4. The summed E-state index contributed by atoms with van der Waals surface area (Å²) in [7, 11) is 0. The maximum absolute atomic E-state index is 5.11. The van der Waals surface area contributed by atoms with E-state index in [2.05, 4.69) is 20.8 Å². The Morgan fingerprint density at radius 3 is 0.800 bits per heavy atom. The third-order valence-electron chi connectivity index (χ3n) is 0. The Morgan fingerprint density at radius 1 is 0.800 bits per heavy atom. The van der Waals surface area contributed by atoms with Crippen LogP contribution >= 0.6 is 0 Å². The van der Waals surface area contributed by atoms with Crippen molar-refractivity contribution in [3.8, 4) is 0 Å². The molecule has 0 bridgehead atoms. The Kier molecular flexibility index (Phi) is 36.0. The maximum atomic E-state index is 5.11. The van der Waals surface area contributed by atoms with E-state index in [1.807, 2.05) is 13.8 Å². The molecule has 0 aliphatic rings. The van der Waals surface area contributed by atoms with Crippen molar-refractivity contribution in [2.24, 2.45) is 11.7 Å². The summed E-state index contributed by atoms with van der Waals surface area (Å²) < 4.78 is 0. The van der Waals surface area contributed by atoms with Crippen molar-refractivity contribution in [1.82, 2.24) is 0 Å². The van der Waals surface area contributed by atoms with Gasteiger partial charge in [-0.1, -0.05) is 49.5 Å². The maximum Gasteiger partial charge on any atom is -0.00179 e. The highest BCUT2D eigenvalue weighted by molar-refractivity contribution is 4.32. The highest BCUT2D eigenvalue weighted by Gasteiger charge is 1.68. The molecule has 0 aromatic heterocycles. The first kappa shape index (κ1) is 22.5. The summed E-state index contributed by atoms with van der Waals surface area (Å²) in [6.07, 6.45) is 0. The molecule has 10 heavy (non-hydrogen) atoms. The first-order chi connectivity index (χ1) is 3.46. The fraction of sp³-hybridized carbons (Fsp3) is 1.00. The van der Waals surface area contributed by atoms with Gasteiger partial charge in [0, 0.05) is 0 Å². The Hall–Kier alpha value is -0.0400. The minimum Gasteiger partial charge on any atom is -0.328 e. The molecule has 0 aromatic carbocycles. The summed E-state index contributed by atoms with van der Waals surface area (Å²) in [5.41, 5.74) is 5.11. The molecule has 0 fully saturated rings. The monoisotopic (exact) mass is 149 g/mol. The second kappa shape index (κ2) is 16.0. The molecular formula is C9H27N. The van der Waals surface area contributed by atoms with Crippen LogP contribution in [-0.4, -0.2) is 6.04 Å². The molecule has 1 heteroatoms. The fourth-order valence-corrected chi connectivity index (χ4v) is 0. The fourth-order valence-electron chi connectivity index (χ4n) is 0. The molecule has 0 amide bonds. The van der Waals surface area contributed by atoms with Crippen molar-refractivity contribution in [2.75, 3.05) is 0 Å². The summed E-state index contributed by atoms with van der Waals surface area (Å²) >= 11 is 0. The van der Waals surface area contributed by atoms with Gasteiger partial charge in [-0.2, -0.15) is 0 Å². The van der Waals surface area contributed by atoms with E-state index in [1.54, 1.807) is 0 Å². The zero-order chi connectivity index (χ0) is 7.15. The molecule has 1 nitrogen and oxygen atoms in total. The van der Waals surface area contributed by atoms with Crippen LogP contribution in [0, 0.1) is 5.92 Å². The lowest BCUT2D eigenvalue weighted by Gasteiger charge is -1.81. The minimum absolute atomic E-state index is 0. The summed E-state index contributed by atoms with van der Waals surface area (Å²) in [6, 6.07) is 0.333. The lowest BCUT2D eigenvalue weighted by molar-refractivity contribution is 0.737. The summed E-state index contributed by atoms with van der Waals surface area (Å²) in [5.74, 6) is 0.833. The van der Waals surface area contributed by atoms with Gasteiger partial charge in [-0.15, -0.1) is 0 Å². The van der Waals surface area contributed by atoms with Crippen LogP contribution in [0.25, 0.3) is 0 Å². The number of rotatable bonds is 0. The smallest absolute Gasteiger partial charge is 0.00179 e. The van der Waals surface area contributed by atoms with Crippen molar-refractivity contribution in [2.45, 2.75) is 55.5 Å². The van der Waals surface area contributed by atoms with Crippen LogP contribution in [0.2, 0.25) is 0 Å². The quantitative estimate of drug-likeness (QED) is 0.562. The van der Waals surface area contributed by atoms with Gasteiger partial charge in [0.1, 0.15) is 0 Å². The first-order valence-corrected chi connectivity index (χ1v) is 3.22. The van der Waals surface area contributed by atoms with E-state index in [4.69, 9.17) is 5.73 Å². The Balaban J connectivity index is -0.0000000300. The minimum atomic E-state index is 0. The van der Waals surface area contributed by atoms with Gasteiger partial charge < -0.3 is 5.73 Å². The molecule has 0 aliphatic carbocycles. The van der Waals surface area contributed by atoms with Crippen LogP contribution in [0.15, 0.2) is 0 Å². The zero-order valence-electron chi connectivity index (χ0n) is 6.73. The van der Waals surface area contributed by atoms with E-state index >= 15 is 0 Å². The standard InChI is InChI=1S/C4H10.C3H9N.2CH4/c1-4(2)3;1-3(2)4;;/h4H,1-3H3;3H,4H2,1-2H3;2*1H4. The molecule has 0 spiro atoms. The van der Waals surface area contributed by atoms with E-state index in [1.165, 1.54) is 0 Å². The van der Waals surface area contributed by atoms with E-state index in [0.717, 1.165) is 5.92 Å². The molecule has 0 aromatic rings. The third kappa shape index (κ3) is 241000. The third-order valence-corrected chi connectivity index (χ3v) is 0. The van der Waals surface area contributed by atoms with Gasteiger partial charge in [0.2, 0.25) is 0 Å². The molecule has 0 radical (unpaired) electrons. The molecule has 0 atom stereocenters. The van der Waals surface area contributed by atoms with Crippen LogP contribution in [0.4, 0.5) is 0 Å². The number of hydrogen-bond donors (Lipinski definition) is 1. The van der Waals surface area contributed by atoms with Gasteiger partial charge in [-0.3, -0.25) is 0 Å². The normalized spacial score (nSPS) is 7.20. The van der Waals surface area contributed by atoms with Crippen LogP contribution in [0.1, 0.15) is 49.5 Å². The van der Waals surface area contributed by atoms with Gasteiger partial charge in [-0.05, 0) is 12.0 Å². The Labute approximate surface area is 68.0 Å². The second-order valence-corrected chi connectivity index (χ2v) is 2.98. The van der Waals surface area contributed by atoms with Crippen LogP contribution in [0.5, 0.6) is 0 Å². The van der Waals surface area contributed by atoms with Crippen LogP contribution < -0.4 is 5.73 Å². The van der Waals surface area contributed by atoms with Crippen LogP contribution in [-0.2, 0) is 0 Å². The number of nitrogens with two attached hydrogens (primary N) is 1. The van der Waals surface area contributed by atoms with Gasteiger partial charge >= 0.3 is 0 Å². The lowest BCUT2D eigenvalue weighted by atomic mass is 10.3. The Bertz CT molecular complexity index is 20.2. The predicted octanol–water partition coefficient (Wildman–Crippen LogP) is 3.29. The average Bonchev–Trinajstić information content (AvgIpc) is 1.25.